The molecule has 0 radical (unpaired) electrons. The van der Waals surface area contributed by atoms with Crippen LogP contribution in [-0.2, 0) is 22.8 Å². The molecule has 1 spiro atoms. The van der Waals surface area contributed by atoms with Crippen molar-refractivity contribution in [3.05, 3.63) is 101 Å². The average Bonchev–Trinajstić information content (AvgIpc) is 3.37. The minimum absolute atomic E-state index is 0.0528. The second-order valence-corrected chi connectivity index (χ2v) is 9.72. The smallest absolute Gasteiger partial charge is 0.319 e. The summed E-state index contributed by atoms with van der Waals surface area (Å²) in [4.78, 5) is 29.1. The summed E-state index contributed by atoms with van der Waals surface area (Å²) >= 11 is 1.41. The molecule has 5 nitrogen and oxygen atoms in total. The van der Waals surface area contributed by atoms with E-state index in [1.54, 1.807) is 4.90 Å². The first-order valence-corrected chi connectivity index (χ1v) is 12.0. The normalized spacial score (nSPS) is 19.1. The number of hydrogen-bond donors (Lipinski definition) is 1. The van der Waals surface area contributed by atoms with E-state index in [2.05, 4.69) is 5.32 Å². The Labute approximate surface area is 200 Å². The molecule has 5 rings (SSSR count). The van der Waals surface area contributed by atoms with E-state index >= 15 is 0 Å². The number of hydrogen-bond acceptors (Lipinski definition) is 3. The van der Waals surface area contributed by atoms with Gasteiger partial charge in [-0.15, -0.1) is 11.8 Å². The summed E-state index contributed by atoms with van der Waals surface area (Å²) in [6, 6.07) is 18.2. The molecule has 2 aliphatic heterocycles. The molecule has 0 aliphatic carbocycles. The SMILES string of the molecule is Cc1ccc2c(c1)C1(SCCN1C(=O)NCc1ccccc1)C(=O)N2Cc1ccc(F)cc1F. The van der Waals surface area contributed by atoms with Crippen LogP contribution in [0.2, 0.25) is 0 Å². The van der Waals surface area contributed by atoms with Crippen molar-refractivity contribution >= 4 is 29.4 Å². The number of aryl methyl sites for hydroxylation is 1. The summed E-state index contributed by atoms with van der Waals surface area (Å²) in [5.74, 6) is -1.08. The Morgan fingerprint density at radius 3 is 2.65 bits per heavy atom. The molecule has 3 aromatic rings. The van der Waals surface area contributed by atoms with Gasteiger partial charge in [0.15, 0.2) is 4.87 Å². The standard InChI is InChI=1S/C26H23F2N3O2S/c1-17-7-10-23-21(13-17)26(24(32)30(23)16-19-8-9-20(27)14-22(19)28)31(11-12-34-26)25(33)29-15-18-5-3-2-4-6-18/h2-10,13-14H,11-12,15-16H2,1H3,(H,29,33). The lowest BCUT2D eigenvalue weighted by atomic mass is 10.0. The van der Waals surface area contributed by atoms with Crippen molar-refractivity contribution < 1.29 is 18.4 Å². The van der Waals surface area contributed by atoms with E-state index < -0.39 is 16.5 Å². The van der Waals surface area contributed by atoms with Crippen LogP contribution in [0.15, 0.2) is 66.7 Å². The molecule has 1 saturated heterocycles. The van der Waals surface area contributed by atoms with Gasteiger partial charge >= 0.3 is 6.03 Å². The van der Waals surface area contributed by atoms with Crippen molar-refractivity contribution in [2.45, 2.75) is 24.9 Å². The summed E-state index contributed by atoms with van der Waals surface area (Å²) in [5.41, 5.74) is 3.48. The Balaban J connectivity index is 1.49. The Bertz CT molecular complexity index is 1270. The molecule has 0 aromatic heterocycles. The molecular weight excluding hydrogens is 456 g/mol. The lowest BCUT2D eigenvalue weighted by molar-refractivity contribution is -0.123. The number of nitrogens with one attached hydrogen (secondary N) is 1. The van der Waals surface area contributed by atoms with Gasteiger partial charge in [0.25, 0.3) is 5.91 Å². The molecule has 34 heavy (non-hydrogen) atoms. The Morgan fingerprint density at radius 2 is 1.88 bits per heavy atom. The zero-order chi connectivity index (χ0) is 23.9. The number of urea groups is 1. The maximum atomic E-state index is 14.4. The summed E-state index contributed by atoms with van der Waals surface area (Å²) < 4.78 is 27.9. The zero-order valence-electron chi connectivity index (χ0n) is 18.6. The topological polar surface area (TPSA) is 52.7 Å². The lowest BCUT2D eigenvalue weighted by Crippen LogP contribution is -2.53. The predicted octanol–water partition coefficient (Wildman–Crippen LogP) is 4.93. The fourth-order valence-electron chi connectivity index (χ4n) is 4.58. The van der Waals surface area contributed by atoms with Crippen LogP contribution in [0, 0.1) is 18.6 Å². The molecule has 1 unspecified atom stereocenters. The molecule has 2 heterocycles. The first-order chi connectivity index (χ1) is 16.4. The minimum Gasteiger partial charge on any atom is -0.334 e. The number of rotatable bonds is 4. The van der Waals surface area contributed by atoms with E-state index in [1.807, 2.05) is 55.5 Å². The third kappa shape index (κ3) is 3.72. The largest absolute Gasteiger partial charge is 0.334 e. The fraction of sp³-hybridized carbons (Fsp3) is 0.231. The van der Waals surface area contributed by atoms with Crippen molar-refractivity contribution in [3.8, 4) is 0 Å². The van der Waals surface area contributed by atoms with Gasteiger partial charge in [-0.25, -0.2) is 13.6 Å². The van der Waals surface area contributed by atoms with Crippen LogP contribution in [-0.4, -0.2) is 29.1 Å². The number of carbonyl (C=O) groups is 2. The minimum atomic E-state index is -1.22. The monoisotopic (exact) mass is 479 g/mol. The van der Waals surface area contributed by atoms with E-state index in [0.29, 0.717) is 24.5 Å². The lowest BCUT2D eigenvalue weighted by Gasteiger charge is -2.33. The maximum absolute atomic E-state index is 14.4. The fourth-order valence-corrected chi connectivity index (χ4v) is 6.03. The summed E-state index contributed by atoms with van der Waals surface area (Å²) in [6.45, 7) is 2.63. The Hall–Kier alpha value is -3.39. The van der Waals surface area contributed by atoms with E-state index in [1.165, 1.54) is 28.8 Å². The highest BCUT2D eigenvalue weighted by atomic mass is 32.2. The highest BCUT2D eigenvalue weighted by molar-refractivity contribution is 8.01. The van der Waals surface area contributed by atoms with Crippen molar-refractivity contribution in [1.82, 2.24) is 10.2 Å². The number of thioether (sulfide) groups is 1. The third-order valence-electron chi connectivity index (χ3n) is 6.22. The van der Waals surface area contributed by atoms with Gasteiger partial charge in [-0.05, 0) is 24.6 Å². The van der Waals surface area contributed by atoms with E-state index in [0.717, 1.165) is 22.8 Å². The first-order valence-electron chi connectivity index (χ1n) is 11.0. The van der Waals surface area contributed by atoms with Crippen LogP contribution in [0.3, 0.4) is 0 Å². The average molecular weight is 480 g/mol. The molecular formula is C26H23F2N3O2S. The summed E-state index contributed by atoms with van der Waals surface area (Å²) in [7, 11) is 0. The van der Waals surface area contributed by atoms with Crippen LogP contribution < -0.4 is 10.2 Å². The molecule has 0 bridgehead atoms. The van der Waals surface area contributed by atoms with Gasteiger partial charge in [0.1, 0.15) is 11.6 Å². The molecule has 174 valence electrons. The van der Waals surface area contributed by atoms with Crippen LogP contribution in [0.4, 0.5) is 19.3 Å². The van der Waals surface area contributed by atoms with Gasteiger partial charge in [-0.2, -0.15) is 0 Å². The number of nitrogens with zero attached hydrogens (tertiary/aromatic N) is 2. The highest BCUT2D eigenvalue weighted by Gasteiger charge is 2.59. The number of benzene rings is 3. The van der Waals surface area contributed by atoms with Crippen molar-refractivity contribution in [1.29, 1.82) is 0 Å². The van der Waals surface area contributed by atoms with E-state index in [-0.39, 0.29) is 24.0 Å². The first kappa shape index (κ1) is 22.4. The molecule has 3 amide bonds. The zero-order valence-corrected chi connectivity index (χ0v) is 19.4. The van der Waals surface area contributed by atoms with E-state index in [4.69, 9.17) is 0 Å². The second kappa shape index (κ2) is 8.76. The predicted molar refractivity (Wildman–Crippen MR) is 128 cm³/mol. The van der Waals surface area contributed by atoms with Gasteiger partial charge in [0, 0.05) is 36.0 Å². The Kier molecular flexibility index (Phi) is 5.77. The number of carbonyl (C=O) groups excluding carboxylic acids is 2. The number of anilines is 1. The van der Waals surface area contributed by atoms with Crippen LogP contribution in [0.25, 0.3) is 0 Å². The molecule has 0 saturated carbocycles. The summed E-state index contributed by atoms with van der Waals surface area (Å²) in [6.07, 6.45) is 0. The van der Waals surface area contributed by atoms with Crippen molar-refractivity contribution in [3.63, 3.8) is 0 Å². The van der Waals surface area contributed by atoms with Crippen LogP contribution in [0.5, 0.6) is 0 Å². The molecule has 1 N–H and O–H groups in total. The summed E-state index contributed by atoms with van der Waals surface area (Å²) in [5, 5.41) is 2.94. The quantitative estimate of drug-likeness (QED) is 0.577. The molecule has 1 fully saturated rings. The molecule has 1 atom stereocenters. The van der Waals surface area contributed by atoms with Crippen LogP contribution in [0.1, 0.15) is 22.3 Å². The van der Waals surface area contributed by atoms with E-state index in [9.17, 15) is 18.4 Å². The highest BCUT2D eigenvalue weighted by Crippen LogP contribution is 2.54. The number of halogens is 2. The van der Waals surface area contributed by atoms with Gasteiger partial charge < -0.3 is 10.2 Å². The molecule has 8 heteroatoms. The second-order valence-electron chi connectivity index (χ2n) is 8.44. The van der Waals surface area contributed by atoms with Gasteiger partial charge in [0.05, 0.1) is 12.2 Å². The maximum Gasteiger partial charge on any atom is 0.319 e. The van der Waals surface area contributed by atoms with Crippen molar-refractivity contribution in [2.75, 3.05) is 17.2 Å². The third-order valence-corrected chi connectivity index (χ3v) is 7.64. The van der Waals surface area contributed by atoms with Crippen molar-refractivity contribution in [2.24, 2.45) is 0 Å². The van der Waals surface area contributed by atoms with Crippen LogP contribution >= 0.6 is 11.8 Å². The Morgan fingerprint density at radius 1 is 1.09 bits per heavy atom. The molecule has 2 aliphatic rings. The van der Waals surface area contributed by atoms with Gasteiger partial charge in [-0.1, -0.05) is 54.1 Å². The number of fused-ring (bicyclic) bond motifs is 2. The molecule has 3 aromatic carbocycles. The van der Waals surface area contributed by atoms with Gasteiger partial charge in [0.2, 0.25) is 0 Å². The number of amides is 3. The van der Waals surface area contributed by atoms with Gasteiger partial charge in [-0.3, -0.25) is 9.69 Å².